The molecule has 0 fully saturated rings. The van der Waals surface area contributed by atoms with Gasteiger partial charge >= 0.3 is 0 Å². The Morgan fingerprint density at radius 1 is 0.968 bits per heavy atom. The van der Waals surface area contributed by atoms with Crippen molar-refractivity contribution >= 4 is 40.3 Å². The van der Waals surface area contributed by atoms with Crippen LogP contribution in [0.4, 0.5) is 0 Å². The topological polar surface area (TPSA) is 36.3 Å². The van der Waals surface area contributed by atoms with Crippen LogP contribution in [-0.4, -0.2) is 16.7 Å². The van der Waals surface area contributed by atoms with Gasteiger partial charge in [0.25, 0.3) is 0 Å². The number of ether oxygens (including phenoxy) is 2. The SMILES string of the molecule is C/C=C\c1ccc(OCc2nc3ccccc3n2Cc2ccc(Cl)c(Cl)c2)c(OC)c1. The molecule has 0 radical (unpaired) electrons. The first kappa shape index (κ1) is 21.3. The summed E-state index contributed by atoms with van der Waals surface area (Å²) in [4.78, 5) is 4.79. The van der Waals surface area contributed by atoms with Crippen LogP contribution in [-0.2, 0) is 13.2 Å². The highest BCUT2D eigenvalue weighted by Gasteiger charge is 2.14. The van der Waals surface area contributed by atoms with Gasteiger partial charge in [0.15, 0.2) is 11.5 Å². The molecule has 1 heterocycles. The molecular weight excluding hydrogens is 431 g/mol. The Bertz CT molecular complexity index is 1250. The molecule has 0 unspecified atom stereocenters. The fourth-order valence-electron chi connectivity index (χ4n) is 3.47. The third-order valence-corrected chi connectivity index (χ3v) is 5.70. The number of halogens is 2. The number of hydrogen-bond donors (Lipinski definition) is 0. The summed E-state index contributed by atoms with van der Waals surface area (Å²) in [6.07, 6.45) is 4.00. The number of para-hydroxylation sites is 2. The highest BCUT2D eigenvalue weighted by molar-refractivity contribution is 6.42. The minimum absolute atomic E-state index is 0.301. The fourth-order valence-corrected chi connectivity index (χ4v) is 3.80. The monoisotopic (exact) mass is 452 g/mol. The third kappa shape index (κ3) is 4.71. The molecule has 158 valence electrons. The highest BCUT2D eigenvalue weighted by atomic mass is 35.5. The zero-order valence-corrected chi connectivity index (χ0v) is 18.8. The number of aromatic nitrogens is 2. The van der Waals surface area contributed by atoms with E-state index in [1.54, 1.807) is 7.11 Å². The lowest BCUT2D eigenvalue weighted by molar-refractivity contribution is 0.273. The van der Waals surface area contributed by atoms with Crippen LogP contribution in [0, 0.1) is 0 Å². The van der Waals surface area contributed by atoms with E-state index >= 15 is 0 Å². The molecule has 4 aromatic rings. The number of methoxy groups -OCH3 is 1. The van der Waals surface area contributed by atoms with E-state index in [1.807, 2.05) is 73.7 Å². The van der Waals surface area contributed by atoms with Crippen molar-refractivity contribution in [1.82, 2.24) is 9.55 Å². The summed E-state index contributed by atoms with van der Waals surface area (Å²) in [5, 5.41) is 1.07. The van der Waals surface area contributed by atoms with Gasteiger partial charge in [0.2, 0.25) is 0 Å². The van der Waals surface area contributed by atoms with Crippen molar-refractivity contribution in [3.63, 3.8) is 0 Å². The molecule has 0 bridgehead atoms. The van der Waals surface area contributed by atoms with Crippen molar-refractivity contribution in [2.75, 3.05) is 7.11 Å². The maximum absolute atomic E-state index is 6.22. The minimum Gasteiger partial charge on any atom is -0.493 e. The molecule has 0 atom stereocenters. The van der Waals surface area contributed by atoms with Gasteiger partial charge in [-0.15, -0.1) is 0 Å². The Morgan fingerprint density at radius 3 is 2.58 bits per heavy atom. The van der Waals surface area contributed by atoms with E-state index in [0.29, 0.717) is 34.7 Å². The van der Waals surface area contributed by atoms with E-state index in [9.17, 15) is 0 Å². The van der Waals surface area contributed by atoms with E-state index < -0.39 is 0 Å². The molecule has 3 aromatic carbocycles. The van der Waals surface area contributed by atoms with E-state index in [4.69, 9.17) is 37.7 Å². The number of fused-ring (bicyclic) bond motifs is 1. The van der Waals surface area contributed by atoms with Crippen LogP contribution in [0.1, 0.15) is 23.9 Å². The molecule has 0 N–H and O–H groups in total. The predicted octanol–water partition coefficient (Wildman–Crippen LogP) is 7.01. The molecule has 0 aliphatic heterocycles. The van der Waals surface area contributed by atoms with Crippen molar-refractivity contribution in [2.24, 2.45) is 0 Å². The minimum atomic E-state index is 0.301. The molecular formula is C25H22Cl2N2O2. The molecule has 4 rings (SSSR count). The van der Waals surface area contributed by atoms with Crippen LogP contribution in [0.2, 0.25) is 10.0 Å². The van der Waals surface area contributed by atoms with Crippen LogP contribution in [0.3, 0.4) is 0 Å². The molecule has 0 aliphatic carbocycles. The molecule has 0 spiro atoms. The predicted molar refractivity (Wildman–Crippen MR) is 127 cm³/mol. The van der Waals surface area contributed by atoms with E-state index in [-0.39, 0.29) is 0 Å². The molecule has 1 aromatic heterocycles. The Labute approximate surface area is 191 Å². The number of rotatable bonds is 7. The average molecular weight is 453 g/mol. The molecule has 4 nitrogen and oxygen atoms in total. The van der Waals surface area contributed by atoms with Gasteiger partial charge < -0.3 is 14.0 Å². The van der Waals surface area contributed by atoms with Crippen molar-refractivity contribution in [3.8, 4) is 11.5 Å². The first-order valence-electron chi connectivity index (χ1n) is 9.90. The van der Waals surface area contributed by atoms with Crippen molar-refractivity contribution < 1.29 is 9.47 Å². The average Bonchev–Trinajstić information content (AvgIpc) is 3.13. The van der Waals surface area contributed by atoms with Gasteiger partial charge in [0.05, 0.1) is 28.2 Å². The highest BCUT2D eigenvalue weighted by Crippen LogP contribution is 2.30. The van der Waals surface area contributed by atoms with Crippen LogP contribution >= 0.6 is 23.2 Å². The zero-order chi connectivity index (χ0) is 21.8. The molecule has 6 heteroatoms. The molecule has 0 saturated carbocycles. The molecule has 0 aliphatic rings. The zero-order valence-electron chi connectivity index (χ0n) is 17.3. The van der Waals surface area contributed by atoms with Gasteiger partial charge in [-0.1, -0.05) is 59.6 Å². The lowest BCUT2D eigenvalue weighted by atomic mass is 10.2. The van der Waals surface area contributed by atoms with E-state index in [1.165, 1.54) is 0 Å². The van der Waals surface area contributed by atoms with Gasteiger partial charge in [-0.3, -0.25) is 0 Å². The Morgan fingerprint density at radius 2 is 1.81 bits per heavy atom. The van der Waals surface area contributed by atoms with Gasteiger partial charge in [0, 0.05) is 6.54 Å². The number of allylic oxidation sites excluding steroid dienone is 1. The number of nitrogens with zero attached hydrogens (tertiary/aromatic N) is 2. The molecule has 0 saturated heterocycles. The van der Waals surface area contributed by atoms with Gasteiger partial charge in [-0.25, -0.2) is 4.98 Å². The summed E-state index contributed by atoms with van der Waals surface area (Å²) in [5.41, 5.74) is 4.03. The summed E-state index contributed by atoms with van der Waals surface area (Å²) in [5.74, 6) is 2.17. The number of imidazole rings is 1. The van der Waals surface area contributed by atoms with Crippen LogP contribution < -0.4 is 9.47 Å². The maximum Gasteiger partial charge on any atom is 0.161 e. The summed E-state index contributed by atoms with van der Waals surface area (Å²) >= 11 is 12.3. The molecule has 0 amide bonds. The Hall–Kier alpha value is -2.95. The van der Waals surface area contributed by atoms with Gasteiger partial charge in [-0.2, -0.15) is 0 Å². The molecule has 31 heavy (non-hydrogen) atoms. The number of benzene rings is 3. The second-order valence-corrected chi connectivity index (χ2v) is 7.86. The fraction of sp³-hybridized carbons (Fsp3) is 0.160. The Balaban J connectivity index is 1.65. The normalized spacial score (nSPS) is 11.4. The smallest absolute Gasteiger partial charge is 0.161 e. The van der Waals surface area contributed by atoms with E-state index in [2.05, 4.69) is 10.6 Å². The van der Waals surface area contributed by atoms with Gasteiger partial charge in [0.1, 0.15) is 12.4 Å². The summed E-state index contributed by atoms with van der Waals surface area (Å²) in [7, 11) is 1.64. The third-order valence-electron chi connectivity index (χ3n) is 4.96. The van der Waals surface area contributed by atoms with Gasteiger partial charge in [-0.05, 0) is 54.4 Å². The summed E-state index contributed by atoms with van der Waals surface area (Å²) in [6, 6.07) is 19.6. The lowest BCUT2D eigenvalue weighted by Gasteiger charge is -2.13. The Kier molecular flexibility index (Phi) is 6.50. The van der Waals surface area contributed by atoms with Crippen molar-refractivity contribution in [3.05, 3.63) is 93.7 Å². The standard InChI is InChI=1S/C25H22Cl2N2O2/c1-3-6-17-10-12-23(24(14-17)30-2)31-16-25-28-21-7-4-5-8-22(21)29(25)15-18-9-11-19(26)20(27)13-18/h3-14H,15-16H2,1-2H3/b6-3-. The summed E-state index contributed by atoms with van der Waals surface area (Å²) in [6.45, 7) is 2.89. The van der Waals surface area contributed by atoms with Crippen LogP contribution in [0.25, 0.3) is 17.1 Å². The summed E-state index contributed by atoms with van der Waals surface area (Å²) < 4.78 is 13.8. The first-order chi connectivity index (χ1) is 15.1. The lowest BCUT2D eigenvalue weighted by Crippen LogP contribution is -2.09. The van der Waals surface area contributed by atoms with Crippen molar-refractivity contribution in [1.29, 1.82) is 0 Å². The van der Waals surface area contributed by atoms with E-state index in [0.717, 1.165) is 28.0 Å². The largest absolute Gasteiger partial charge is 0.493 e. The quantitative estimate of drug-likeness (QED) is 0.302. The maximum atomic E-state index is 6.22. The van der Waals surface area contributed by atoms with Crippen LogP contribution in [0.15, 0.2) is 66.7 Å². The first-order valence-corrected chi connectivity index (χ1v) is 10.7. The number of hydrogen-bond acceptors (Lipinski definition) is 3. The second-order valence-electron chi connectivity index (χ2n) is 7.05. The second kappa shape index (κ2) is 9.46. The van der Waals surface area contributed by atoms with Crippen molar-refractivity contribution in [2.45, 2.75) is 20.1 Å². The van der Waals surface area contributed by atoms with Crippen LogP contribution in [0.5, 0.6) is 11.5 Å².